The van der Waals surface area contributed by atoms with Crippen LogP contribution in [-0.4, -0.2) is 34.3 Å². The van der Waals surface area contributed by atoms with Gasteiger partial charge in [0.25, 0.3) is 0 Å². The second-order valence-electron chi connectivity index (χ2n) is 3.50. The van der Waals surface area contributed by atoms with Gasteiger partial charge in [0.05, 0.1) is 5.69 Å². The Balaban J connectivity index is 2.25. The number of rotatable bonds is 5. The first-order chi connectivity index (χ1) is 7.85. The Bertz CT molecular complexity index is 469. The molecule has 0 aliphatic carbocycles. The molecular weight excluding hydrogens is 222 g/mol. The van der Waals surface area contributed by atoms with Crippen LogP contribution in [0.2, 0.25) is 0 Å². The van der Waals surface area contributed by atoms with Crippen LogP contribution in [0.15, 0.2) is 23.6 Å². The number of imidazole rings is 1. The standard InChI is InChI=1S/C11H15N3OS/c1-15-7-3-4-9-8-14-6-5-12-10(14)11(13-9)16-2/h5-6,8H,3-4,7H2,1-2H3. The Labute approximate surface area is 99.1 Å². The van der Waals surface area contributed by atoms with Gasteiger partial charge in [-0.15, -0.1) is 11.8 Å². The molecule has 0 saturated heterocycles. The van der Waals surface area contributed by atoms with Crippen molar-refractivity contribution in [3.8, 4) is 0 Å². The highest BCUT2D eigenvalue weighted by Gasteiger charge is 2.06. The number of aryl methyl sites for hydroxylation is 1. The summed E-state index contributed by atoms with van der Waals surface area (Å²) in [6.07, 6.45) is 9.76. The van der Waals surface area contributed by atoms with E-state index in [1.165, 1.54) is 0 Å². The minimum atomic E-state index is 0.776. The molecule has 0 unspecified atom stereocenters. The van der Waals surface area contributed by atoms with E-state index in [-0.39, 0.29) is 0 Å². The second-order valence-corrected chi connectivity index (χ2v) is 4.29. The molecule has 16 heavy (non-hydrogen) atoms. The van der Waals surface area contributed by atoms with Crippen LogP contribution in [0.5, 0.6) is 0 Å². The maximum absolute atomic E-state index is 5.04. The number of methoxy groups -OCH3 is 1. The lowest BCUT2D eigenvalue weighted by atomic mass is 10.2. The van der Waals surface area contributed by atoms with Gasteiger partial charge in [-0.1, -0.05) is 0 Å². The summed E-state index contributed by atoms with van der Waals surface area (Å²) in [6, 6.07) is 0. The molecule has 4 nitrogen and oxygen atoms in total. The maximum atomic E-state index is 5.04. The van der Waals surface area contributed by atoms with Gasteiger partial charge < -0.3 is 9.14 Å². The molecule has 0 aliphatic heterocycles. The Morgan fingerprint density at radius 3 is 3.12 bits per heavy atom. The monoisotopic (exact) mass is 237 g/mol. The van der Waals surface area contributed by atoms with Crippen LogP contribution in [0.1, 0.15) is 12.1 Å². The van der Waals surface area contributed by atoms with E-state index in [4.69, 9.17) is 4.74 Å². The molecule has 2 rings (SSSR count). The van der Waals surface area contributed by atoms with E-state index in [1.807, 2.05) is 23.1 Å². The minimum absolute atomic E-state index is 0.776. The fourth-order valence-corrected chi connectivity index (χ4v) is 2.16. The molecule has 0 bridgehead atoms. The largest absolute Gasteiger partial charge is 0.385 e. The zero-order valence-electron chi connectivity index (χ0n) is 9.51. The predicted octanol–water partition coefficient (Wildman–Crippen LogP) is 2.03. The zero-order chi connectivity index (χ0) is 11.4. The molecule has 2 aromatic rings. The summed E-state index contributed by atoms with van der Waals surface area (Å²) in [6.45, 7) is 0.776. The topological polar surface area (TPSA) is 39.4 Å². The number of thioether (sulfide) groups is 1. The Kier molecular flexibility index (Phi) is 3.79. The second kappa shape index (κ2) is 5.32. The molecule has 0 radical (unpaired) electrons. The third kappa shape index (κ3) is 2.36. The maximum Gasteiger partial charge on any atom is 0.169 e. The quantitative estimate of drug-likeness (QED) is 0.589. The summed E-state index contributed by atoms with van der Waals surface area (Å²) < 4.78 is 7.07. The van der Waals surface area contributed by atoms with Crippen LogP contribution in [-0.2, 0) is 11.2 Å². The smallest absolute Gasteiger partial charge is 0.169 e. The van der Waals surface area contributed by atoms with E-state index in [2.05, 4.69) is 9.97 Å². The van der Waals surface area contributed by atoms with Crippen molar-refractivity contribution in [1.29, 1.82) is 0 Å². The lowest BCUT2D eigenvalue weighted by Gasteiger charge is -2.05. The van der Waals surface area contributed by atoms with Crippen molar-refractivity contribution >= 4 is 17.4 Å². The van der Waals surface area contributed by atoms with Crippen molar-refractivity contribution in [2.75, 3.05) is 20.0 Å². The molecule has 0 N–H and O–H groups in total. The van der Waals surface area contributed by atoms with Crippen LogP contribution in [0.3, 0.4) is 0 Å². The number of ether oxygens (including phenoxy) is 1. The molecule has 0 atom stereocenters. The summed E-state index contributed by atoms with van der Waals surface area (Å²) in [7, 11) is 1.72. The molecule has 5 heteroatoms. The zero-order valence-corrected chi connectivity index (χ0v) is 10.3. The van der Waals surface area contributed by atoms with Crippen molar-refractivity contribution in [3.63, 3.8) is 0 Å². The SMILES string of the molecule is COCCCc1cn2ccnc2c(SC)n1. The lowest BCUT2D eigenvalue weighted by Crippen LogP contribution is -2.00. The van der Waals surface area contributed by atoms with Gasteiger partial charge in [0.15, 0.2) is 5.65 Å². The average molecular weight is 237 g/mol. The van der Waals surface area contributed by atoms with Crippen LogP contribution in [0.4, 0.5) is 0 Å². The van der Waals surface area contributed by atoms with Gasteiger partial charge >= 0.3 is 0 Å². The summed E-state index contributed by atoms with van der Waals surface area (Å²) in [5.41, 5.74) is 2.02. The molecule has 2 aromatic heterocycles. The Hall–Kier alpha value is -1.07. The summed E-state index contributed by atoms with van der Waals surface area (Å²) in [4.78, 5) is 8.87. The molecule has 86 valence electrons. The number of nitrogens with zero attached hydrogens (tertiary/aromatic N) is 3. The lowest BCUT2D eigenvalue weighted by molar-refractivity contribution is 0.195. The number of fused-ring (bicyclic) bond motifs is 1. The first-order valence-electron chi connectivity index (χ1n) is 5.20. The van der Waals surface area contributed by atoms with Gasteiger partial charge in [0.2, 0.25) is 0 Å². The predicted molar refractivity (Wildman–Crippen MR) is 65.0 cm³/mol. The third-order valence-corrected chi connectivity index (χ3v) is 3.03. The van der Waals surface area contributed by atoms with Crippen molar-refractivity contribution in [2.45, 2.75) is 17.9 Å². The Morgan fingerprint density at radius 2 is 2.38 bits per heavy atom. The molecule has 0 fully saturated rings. The number of aromatic nitrogens is 3. The molecule has 0 saturated carbocycles. The average Bonchev–Trinajstić information content (AvgIpc) is 2.76. The van der Waals surface area contributed by atoms with Gasteiger partial charge in [-0.3, -0.25) is 0 Å². The summed E-state index contributed by atoms with van der Waals surface area (Å²) in [5, 5.41) is 0.986. The van der Waals surface area contributed by atoms with Gasteiger partial charge in [-0.25, -0.2) is 9.97 Å². The van der Waals surface area contributed by atoms with E-state index >= 15 is 0 Å². The highest BCUT2D eigenvalue weighted by Crippen LogP contribution is 2.18. The Morgan fingerprint density at radius 1 is 1.50 bits per heavy atom. The van der Waals surface area contributed by atoms with Crippen molar-refractivity contribution in [2.24, 2.45) is 0 Å². The normalized spacial score (nSPS) is 11.1. The van der Waals surface area contributed by atoms with E-state index in [9.17, 15) is 0 Å². The number of hydrogen-bond donors (Lipinski definition) is 0. The van der Waals surface area contributed by atoms with Crippen LogP contribution < -0.4 is 0 Å². The first-order valence-corrected chi connectivity index (χ1v) is 6.43. The van der Waals surface area contributed by atoms with Gasteiger partial charge in [0.1, 0.15) is 5.03 Å². The van der Waals surface area contributed by atoms with Gasteiger partial charge in [-0.2, -0.15) is 0 Å². The highest BCUT2D eigenvalue weighted by atomic mass is 32.2. The first kappa shape index (κ1) is 11.4. The molecule has 0 aliphatic rings. The molecule has 2 heterocycles. The minimum Gasteiger partial charge on any atom is -0.385 e. The van der Waals surface area contributed by atoms with Crippen molar-refractivity contribution < 1.29 is 4.74 Å². The van der Waals surface area contributed by atoms with Crippen molar-refractivity contribution in [3.05, 3.63) is 24.3 Å². The van der Waals surface area contributed by atoms with Crippen LogP contribution in [0, 0.1) is 0 Å². The third-order valence-electron chi connectivity index (χ3n) is 2.37. The number of hydrogen-bond acceptors (Lipinski definition) is 4. The van der Waals surface area contributed by atoms with Crippen molar-refractivity contribution in [1.82, 2.24) is 14.4 Å². The van der Waals surface area contributed by atoms with Crippen LogP contribution >= 0.6 is 11.8 Å². The van der Waals surface area contributed by atoms with E-state index in [0.717, 1.165) is 35.8 Å². The van der Waals surface area contributed by atoms with Gasteiger partial charge in [-0.05, 0) is 19.1 Å². The highest BCUT2D eigenvalue weighted by molar-refractivity contribution is 7.98. The van der Waals surface area contributed by atoms with Crippen LogP contribution in [0.25, 0.3) is 5.65 Å². The summed E-state index contributed by atoms with van der Waals surface area (Å²) in [5.74, 6) is 0. The fourth-order valence-electron chi connectivity index (χ4n) is 1.61. The van der Waals surface area contributed by atoms with E-state index in [0.29, 0.717) is 0 Å². The molecule has 0 spiro atoms. The summed E-state index contributed by atoms with van der Waals surface area (Å²) >= 11 is 1.63. The van der Waals surface area contributed by atoms with E-state index < -0.39 is 0 Å². The molecule has 0 amide bonds. The molecule has 0 aromatic carbocycles. The van der Waals surface area contributed by atoms with Gasteiger partial charge in [0, 0.05) is 32.3 Å². The molecular formula is C11H15N3OS. The van der Waals surface area contributed by atoms with E-state index in [1.54, 1.807) is 25.1 Å². The fraction of sp³-hybridized carbons (Fsp3) is 0.455.